The Labute approximate surface area is 167 Å². The highest BCUT2D eigenvalue weighted by molar-refractivity contribution is 7.18. The zero-order valence-corrected chi connectivity index (χ0v) is 16.5. The standard InChI is InChI=1S/C21H22N4O2S/c1-22-20(27)14-8-10-15(11-9-14)23-19(26)13-25-12-4-6-17(25)21-24-16-5-2-3-7-18(16)28-21/h2-3,5,7-11,17H,4,6,12-13H2,1H3,(H,22,27)(H,23,26)/p+1/t17-/m1/s1. The van der Waals surface area contributed by atoms with Gasteiger partial charge in [-0.15, -0.1) is 11.3 Å². The molecule has 2 atom stereocenters. The normalized spacial score (nSPS) is 18.9. The SMILES string of the molecule is CNC(=O)c1ccc(NC(=O)C[NH+]2CCC[C@@H]2c2nc3ccccc3s2)cc1. The summed E-state index contributed by atoms with van der Waals surface area (Å²) in [5, 5.41) is 6.65. The van der Waals surface area contributed by atoms with Crippen LogP contribution in [0.5, 0.6) is 0 Å². The molecule has 1 aliphatic heterocycles. The number of hydrogen-bond acceptors (Lipinski definition) is 4. The Kier molecular flexibility index (Phi) is 5.36. The number of aromatic nitrogens is 1. The number of para-hydroxylation sites is 1. The molecule has 2 amide bonds. The monoisotopic (exact) mass is 395 g/mol. The van der Waals surface area contributed by atoms with Gasteiger partial charge < -0.3 is 15.5 Å². The Balaban J connectivity index is 1.41. The number of quaternary nitrogens is 1. The second-order valence-corrected chi connectivity index (χ2v) is 8.07. The number of amides is 2. The molecular formula is C21H23N4O2S+. The first kappa shape index (κ1) is 18.6. The highest BCUT2D eigenvalue weighted by Crippen LogP contribution is 2.28. The highest BCUT2D eigenvalue weighted by atomic mass is 32.1. The number of hydrogen-bond donors (Lipinski definition) is 3. The first-order valence-corrected chi connectivity index (χ1v) is 10.3. The van der Waals surface area contributed by atoms with Gasteiger partial charge in [-0.1, -0.05) is 12.1 Å². The van der Waals surface area contributed by atoms with Crippen molar-refractivity contribution in [2.45, 2.75) is 18.9 Å². The maximum atomic E-state index is 12.6. The number of rotatable bonds is 5. The number of nitrogens with one attached hydrogen (secondary N) is 3. The summed E-state index contributed by atoms with van der Waals surface area (Å²) in [5.74, 6) is -0.159. The number of thiazole rings is 1. The van der Waals surface area contributed by atoms with Gasteiger partial charge in [0.05, 0.1) is 16.8 Å². The lowest BCUT2D eigenvalue weighted by atomic mass is 10.2. The lowest BCUT2D eigenvalue weighted by Gasteiger charge is -2.19. The van der Waals surface area contributed by atoms with Gasteiger partial charge in [0.2, 0.25) is 0 Å². The second-order valence-electron chi connectivity index (χ2n) is 7.00. The third-order valence-electron chi connectivity index (χ3n) is 5.14. The lowest BCUT2D eigenvalue weighted by Crippen LogP contribution is -3.11. The van der Waals surface area contributed by atoms with Crippen LogP contribution in [0.15, 0.2) is 48.5 Å². The molecule has 3 N–H and O–H groups in total. The number of benzene rings is 2. The lowest BCUT2D eigenvalue weighted by molar-refractivity contribution is -0.910. The Morgan fingerprint density at radius 3 is 2.71 bits per heavy atom. The Morgan fingerprint density at radius 1 is 1.18 bits per heavy atom. The number of fused-ring (bicyclic) bond motifs is 1. The molecule has 28 heavy (non-hydrogen) atoms. The zero-order valence-electron chi connectivity index (χ0n) is 15.7. The summed E-state index contributed by atoms with van der Waals surface area (Å²) in [4.78, 5) is 30.2. The molecule has 1 fully saturated rings. The maximum Gasteiger partial charge on any atom is 0.279 e. The van der Waals surface area contributed by atoms with Crippen LogP contribution in [-0.4, -0.2) is 36.9 Å². The number of carbonyl (C=O) groups is 2. The van der Waals surface area contributed by atoms with E-state index in [2.05, 4.69) is 16.7 Å². The first-order valence-electron chi connectivity index (χ1n) is 9.46. The van der Waals surface area contributed by atoms with Gasteiger partial charge in [0.1, 0.15) is 6.04 Å². The van der Waals surface area contributed by atoms with Crippen LogP contribution in [0.4, 0.5) is 5.69 Å². The van der Waals surface area contributed by atoms with E-state index in [-0.39, 0.29) is 17.9 Å². The number of likely N-dealkylation sites (tertiary alicyclic amines) is 1. The van der Waals surface area contributed by atoms with E-state index < -0.39 is 0 Å². The van der Waals surface area contributed by atoms with E-state index in [9.17, 15) is 9.59 Å². The fourth-order valence-electron chi connectivity index (χ4n) is 3.72. The average Bonchev–Trinajstić information content (AvgIpc) is 3.34. The third-order valence-corrected chi connectivity index (χ3v) is 6.29. The average molecular weight is 396 g/mol. The molecule has 0 aliphatic carbocycles. The molecular weight excluding hydrogens is 372 g/mol. The van der Waals surface area contributed by atoms with E-state index in [1.807, 2.05) is 18.2 Å². The molecule has 2 aromatic carbocycles. The van der Waals surface area contributed by atoms with Crippen molar-refractivity contribution in [2.75, 3.05) is 25.5 Å². The van der Waals surface area contributed by atoms with Crippen molar-refractivity contribution in [1.82, 2.24) is 10.3 Å². The minimum Gasteiger partial charge on any atom is -0.355 e. The molecule has 0 radical (unpaired) electrons. The van der Waals surface area contributed by atoms with Gasteiger partial charge in [-0.2, -0.15) is 0 Å². The number of nitrogens with zero attached hydrogens (tertiary/aromatic N) is 1. The molecule has 7 heteroatoms. The first-order chi connectivity index (χ1) is 13.6. The molecule has 2 heterocycles. The van der Waals surface area contributed by atoms with Gasteiger partial charge in [-0.3, -0.25) is 9.59 Å². The van der Waals surface area contributed by atoms with Crippen molar-refractivity contribution in [3.8, 4) is 0 Å². The maximum absolute atomic E-state index is 12.6. The summed E-state index contributed by atoms with van der Waals surface area (Å²) in [6, 6.07) is 15.4. The Bertz CT molecular complexity index is 966. The molecule has 144 valence electrons. The predicted octanol–water partition coefficient (Wildman–Crippen LogP) is 2.01. The fourth-order valence-corrected chi connectivity index (χ4v) is 4.88. The van der Waals surface area contributed by atoms with Crippen molar-refractivity contribution in [3.05, 3.63) is 59.1 Å². The van der Waals surface area contributed by atoms with Crippen molar-refractivity contribution in [3.63, 3.8) is 0 Å². The van der Waals surface area contributed by atoms with Gasteiger partial charge in [0, 0.05) is 31.1 Å². The van der Waals surface area contributed by atoms with Gasteiger partial charge in [-0.25, -0.2) is 4.98 Å². The number of carbonyl (C=O) groups excluding carboxylic acids is 2. The largest absolute Gasteiger partial charge is 0.355 e. The van der Waals surface area contributed by atoms with Crippen molar-refractivity contribution >= 4 is 39.1 Å². The van der Waals surface area contributed by atoms with Gasteiger partial charge in [0.15, 0.2) is 11.6 Å². The van der Waals surface area contributed by atoms with Crippen LogP contribution in [0.3, 0.4) is 0 Å². The second kappa shape index (κ2) is 8.08. The molecule has 4 rings (SSSR count). The molecule has 1 unspecified atom stereocenters. The van der Waals surface area contributed by atoms with E-state index in [1.165, 1.54) is 9.60 Å². The molecule has 0 bridgehead atoms. The van der Waals surface area contributed by atoms with E-state index in [0.717, 1.165) is 29.9 Å². The molecule has 1 aromatic heterocycles. The van der Waals surface area contributed by atoms with Crippen LogP contribution in [0.25, 0.3) is 10.2 Å². The summed E-state index contributed by atoms with van der Waals surface area (Å²) < 4.78 is 1.20. The minimum atomic E-state index is -0.141. The van der Waals surface area contributed by atoms with E-state index in [0.29, 0.717) is 17.8 Å². The molecule has 0 saturated carbocycles. The molecule has 1 aliphatic rings. The van der Waals surface area contributed by atoms with Gasteiger partial charge in [0.25, 0.3) is 11.8 Å². The summed E-state index contributed by atoms with van der Waals surface area (Å²) in [5.41, 5.74) is 2.31. The van der Waals surface area contributed by atoms with Crippen LogP contribution in [0.1, 0.15) is 34.2 Å². The zero-order chi connectivity index (χ0) is 19.5. The van der Waals surface area contributed by atoms with Crippen molar-refractivity contribution in [2.24, 2.45) is 0 Å². The summed E-state index contributed by atoms with van der Waals surface area (Å²) in [7, 11) is 1.60. The Morgan fingerprint density at radius 2 is 1.96 bits per heavy atom. The van der Waals surface area contributed by atoms with Crippen LogP contribution >= 0.6 is 11.3 Å². The van der Waals surface area contributed by atoms with Crippen LogP contribution in [0.2, 0.25) is 0 Å². The molecule has 6 nitrogen and oxygen atoms in total. The van der Waals surface area contributed by atoms with Gasteiger partial charge >= 0.3 is 0 Å². The fraction of sp³-hybridized carbons (Fsp3) is 0.286. The third kappa shape index (κ3) is 3.90. The van der Waals surface area contributed by atoms with Crippen molar-refractivity contribution in [1.29, 1.82) is 0 Å². The van der Waals surface area contributed by atoms with Crippen molar-refractivity contribution < 1.29 is 14.5 Å². The summed E-state index contributed by atoms with van der Waals surface area (Å²) >= 11 is 1.73. The minimum absolute atomic E-state index is 0.0179. The Hall–Kier alpha value is -2.77. The van der Waals surface area contributed by atoms with Crippen LogP contribution in [0, 0.1) is 0 Å². The molecule has 0 spiro atoms. The smallest absolute Gasteiger partial charge is 0.279 e. The van der Waals surface area contributed by atoms with E-state index >= 15 is 0 Å². The highest BCUT2D eigenvalue weighted by Gasteiger charge is 2.34. The summed E-state index contributed by atoms with van der Waals surface area (Å²) in [6.45, 7) is 1.39. The predicted molar refractivity (Wildman–Crippen MR) is 111 cm³/mol. The quantitative estimate of drug-likeness (QED) is 0.619. The topological polar surface area (TPSA) is 75.5 Å². The molecule has 1 saturated heterocycles. The summed E-state index contributed by atoms with van der Waals surface area (Å²) in [6.07, 6.45) is 2.16. The number of anilines is 1. The van der Waals surface area contributed by atoms with E-state index in [4.69, 9.17) is 4.98 Å². The van der Waals surface area contributed by atoms with Crippen LogP contribution < -0.4 is 15.5 Å². The van der Waals surface area contributed by atoms with E-state index in [1.54, 1.807) is 42.6 Å². The van der Waals surface area contributed by atoms with Gasteiger partial charge in [-0.05, 0) is 36.4 Å². The molecule has 3 aromatic rings. The van der Waals surface area contributed by atoms with Crippen LogP contribution in [-0.2, 0) is 4.79 Å².